The van der Waals surface area contributed by atoms with Gasteiger partial charge in [0.05, 0.1) is 13.7 Å². The van der Waals surface area contributed by atoms with Crippen LogP contribution in [0.1, 0.15) is 18.9 Å². The van der Waals surface area contributed by atoms with Crippen molar-refractivity contribution in [2.75, 3.05) is 13.7 Å². The van der Waals surface area contributed by atoms with Gasteiger partial charge >= 0.3 is 5.97 Å². The zero-order valence-corrected chi connectivity index (χ0v) is 11.0. The molecule has 0 amide bonds. The topological polar surface area (TPSA) is 35.5 Å². The number of esters is 1. The molecule has 0 aromatic heterocycles. The van der Waals surface area contributed by atoms with Crippen LogP contribution in [0.4, 0.5) is 0 Å². The monoisotopic (exact) mass is 286 g/mol. The normalized spacial score (nSPS) is 9.94. The van der Waals surface area contributed by atoms with Gasteiger partial charge in [0.1, 0.15) is 5.75 Å². The molecule has 3 nitrogen and oxygen atoms in total. The third-order valence-corrected chi connectivity index (χ3v) is 2.93. The average Bonchev–Trinajstić information content (AvgIpc) is 2.28. The fourth-order valence-corrected chi connectivity index (χ4v) is 1.78. The van der Waals surface area contributed by atoms with E-state index in [1.807, 2.05) is 18.2 Å². The van der Waals surface area contributed by atoms with Gasteiger partial charge in [-0.1, -0.05) is 15.9 Å². The molecule has 88 valence electrons. The van der Waals surface area contributed by atoms with Crippen molar-refractivity contribution in [2.24, 2.45) is 0 Å². The van der Waals surface area contributed by atoms with Crippen LogP contribution in [0.3, 0.4) is 0 Å². The highest BCUT2D eigenvalue weighted by Gasteiger charge is 2.06. The average molecular weight is 287 g/mol. The van der Waals surface area contributed by atoms with Gasteiger partial charge in [-0.05, 0) is 37.1 Å². The van der Waals surface area contributed by atoms with E-state index >= 15 is 0 Å². The summed E-state index contributed by atoms with van der Waals surface area (Å²) in [6.07, 6.45) is 1.04. The van der Waals surface area contributed by atoms with Gasteiger partial charge < -0.3 is 9.47 Å². The summed E-state index contributed by atoms with van der Waals surface area (Å²) in [4.78, 5) is 11.2. The van der Waals surface area contributed by atoms with Crippen molar-refractivity contribution in [1.29, 1.82) is 0 Å². The van der Waals surface area contributed by atoms with Gasteiger partial charge in [-0.25, -0.2) is 0 Å². The predicted octanol–water partition coefficient (Wildman–Crippen LogP) is 2.95. The van der Waals surface area contributed by atoms with E-state index in [0.717, 1.165) is 15.8 Å². The summed E-state index contributed by atoms with van der Waals surface area (Å²) in [6, 6.07) is 5.71. The number of aryl methyl sites for hydroxylation is 1. The van der Waals surface area contributed by atoms with Crippen molar-refractivity contribution in [3.05, 3.63) is 28.2 Å². The van der Waals surface area contributed by atoms with Crippen molar-refractivity contribution < 1.29 is 14.3 Å². The summed E-state index contributed by atoms with van der Waals surface area (Å²) in [7, 11) is 1.62. The summed E-state index contributed by atoms with van der Waals surface area (Å²) < 4.78 is 11.0. The molecule has 0 fully saturated rings. The van der Waals surface area contributed by atoms with Crippen LogP contribution < -0.4 is 4.74 Å². The number of hydrogen-bond donors (Lipinski definition) is 0. The second kappa shape index (κ2) is 6.53. The van der Waals surface area contributed by atoms with E-state index in [1.54, 1.807) is 14.0 Å². The maximum atomic E-state index is 11.2. The van der Waals surface area contributed by atoms with E-state index in [0.29, 0.717) is 19.4 Å². The Morgan fingerprint density at radius 1 is 1.44 bits per heavy atom. The minimum atomic E-state index is -0.169. The lowest BCUT2D eigenvalue weighted by Crippen LogP contribution is -2.05. The highest BCUT2D eigenvalue weighted by Crippen LogP contribution is 2.23. The van der Waals surface area contributed by atoms with Gasteiger partial charge in [0, 0.05) is 10.9 Å². The summed E-state index contributed by atoms with van der Waals surface area (Å²) in [5.74, 6) is 0.624. The second-order valence-electron chi connectivity index (χ2n) is 3.26. The first-order chi connectivity index (χ1) is 7.67. The third-order valence-electron chi connectivity index (χ3n) is 2.16. The van der Waals surface area contributed by atoms with Crippen LogP contribution in [0.25, 0.3) is 0 Å². The largest absolute Gasteiger partial charge is 0.497 e. The first-order valence-corrected chi connectivity index (χ1v) is 5.94. The van der Waals surface area contributed by atoms with E-state index in [9.17, 15) is 4.79 Å². The Labute approximate surface area is 104 Å². The summed E-state index contributed by atoms with van der Waals surface area (Å²) in [5, 5.41) is 0. The Balaban J connectivity index is 2.62. The number of rotatable bonds is 5. The van der Waals surface area contributed by atoms with Crippen molar-refractivity contribution in [3.63, 3.8) is 0 Å². The van der Waals surface area contributed by atoms with Crippen molar-refractivity contribution in [1.82, 2.24) is 0 Å². The van der Waals surface area contributed by atoms with Gasteiger partial charge in [-0.3, -0.25) is 4.79 Å². The number of benzene rings is 1. The van der Waals surface area contributed by atoms with Gasteiger partial charge in [0.15, 0.2) is 0 Å². The maximum Gasteiger partial charge on any atom is 0.306 e. The van der Waals surface area contributed by atoms with E-state index in [2.05, 4.69) is 15.9 Å². The maximum absolute atomic E-state index is 11.2. The molecule has 0 heterocycles. The van der Waals surface area contributed by atoms with Crippen molar-refractivity contribution >= 4 is 21.9 Å². The molecule has 0 aliphatic rings. The number of methoxy groups -OCH3 is 1. The molecule has 0 N–H and O–H groups in total. The van der Waals surface area contributed by atoms with E-state index in [1.165, 1.54) is 0 Å². The molecule has 0 radical (unpaired) electrons. The molecule has 4 heteroatoms. The lowest BCUT2D eigenvalue weighted by Gasteiger charge is -2.07. The molecule has 1 aromatic rings. The third kappa shape index (κ3) is 3.85. The quantitative estimate of drug-likeness (QED) is 0.781. The van der Waals surface area contributed by atoms with Crippen LogP contribution in [0.15, 0.2) is 22.7 Å². The fraction of sp³-hybridized carbons (Fsp3) is 0.417. The Morgan fingerprint density at radius 2 is 2.19 bits per heavy atom. The second-order valence-corrected chi connectivity index (χ2v) is 4.12. The molecule has 0 bridgehead atoms. The first kappa shape index (κ1) is 13.0. The van der Waals surface area contributed by atoms with Crippen LogP contribution in [-0.2, 0) is 16.0 Å². The molecular weight excluding hydrogens is 272 g/mol. The molecule has 0 atom stereocenters. The molecular formula is C12H15BrO3. The van der Waals surface area contributed by atoms with Crippen LogP contribution in [0, 0.1) is 0 Å². The number of hydrogen-bond acceptors (Lipinski definition) is 3. The highest BCUT2D eigenvalue weighted by atomic mass is 79.9. The van der Waals surface area contributed by atoms with Gasteiger partial charge in [0.2, 0.25) is 0 Å². The molecule has 0 unspecified atom stereocenters. The molecule has 0 aliphatic heterocycles. The van der Waals surface area contributed by atoms with E-state index in [-0.39, 0.29) is 5.97 Å². The molecule has 0 saturated heterocycles. The van der Waals surface area contributed by atoms with Crippen LogP contribution in [0.5, 0.6) is 5.75 Å². The summed E-state index contributed by atoms with van der Waals surface area (Å²) >= 11 is 3.44. The van der Waals surface area contributed by atoms with Crippen LogP contribution in [-0.4, -0.2) is 19.7 Å². The molecule has 0 spiro atoms. The molecule has 16 heavy (non-hydrogen) atoms. The standard InChI is InChI=1S/C12H15BrO3/c1-3-16-12(14)7-4-9-8-10(15-2)5-6-11(9)13/h5-6,8H,3-4,7H2,1-2H3. The summed E-state index contributed by atoms with van der Waals surface area (Å²) in [5.41, 5.74) is 1.05. The van der Waals surface area contributed by atoms with Crippen LogP contribution in [0.2, 0.25) is 0 Å². The van der Waals surface area contributed by atoms with Crippen molar-refractivity contribution in [3.8, 4) is 5.75 Å². The zero-order chi connectivity index (χ0) is 12.0. The lowest BCUT2D eigenvalue weighted by atomic mass is 10.1. The predicted molar refractivity (Wildman–Crippen MR) is 65.6 cm³/mol. The highest BCUT2D eigenvalue weighted by molar-refractivity contribution is 9.10. The molecule has 1 aromatic carbocycles. The molecule has 1 rings (SSSR count). The minimum Gasteiger partial charge on any atom is -0.497 e. The SMILES string of the molecule is CCOC(=O)CCc1cc(OC)ccc1Br. The minimum absolute atomic E-state index is 0.169. The molecule has 0 aliphatic carbocycles. The Morgan fingerprint density at radius 3 is 2.81 bits per heavy atom. The first-order valence-electron chi connectivity index (χ1n) is 5.15. The summed E-state index contributed by atoms with van der Waals surface area (Å²) in [6.45, 7) is 2.23. The van der Waals surface area contributed by atoms with Gasteiger partial charge in [-0.15, -0.1) is 0 Å². The smallest absolute Gasteiger partial charge is 0.306 e. The lowest BCUT2D eigenvalue weighted by molar-refractivity contribution is -0.143. The molecule has 0 saturated carbocycles. The number of ether oxygens (including phenoxy) is 2. The Kier molecular flexibility index (Phi) is 5.32. The van der Waals surface area contributed by atoms with E-state index in [4.69, 9.17) is 9.47 Å². The number of carbonyl (C=O) groups excluding carboxylic acids is 1. The van der Waals surface area contributed by atoms with Crippen molar-refractivity contribution in [2.45, 2.75) is 19.8 Å². The Bertz CT molecular complexity index is 363. The van der Waals surface area contributed by atoms with Gasteiger partial charge in [-0.2, -0.15) is 0 Å². The van der Waals surface area contributed by atoms with Gasteiger partial charge in [0.25, 0.3) is 0 Å². The Hall–Kier alpha value is -1.03. The fourth-order valence-electron chi connectivity index (χ4n) is 1.34. The van der Waals surface area contributed by atoms with Crippen LogP contribution >= 0.6 is 15.9 Å². The zero-order valence-electron chi connectivity index (χ0n) is 9.46. The van der Waals surface area contributed by atoms with E-state index < -0.39 is 0 Å². The number of carbonyl (C=O) groups is 1. The number of halogens is 1.